The summed E-state index contributed by atoms with van der Waals surface area (Å²) in [6.45, 7) is 1.66. The number of aryl methyl sites for hydroxylation is 1. The molecular formula is C11H8FN3O. The summed E-state index contributed by atoms with van der Waals surface area (Å²) in [5.74, 6) is -0.265. The van der Waals surface area contributed by atoms with Crippen molar-refractivity contribution in [3.8, 4) is 17.5 Å². The largest absolute Gasteiger partial charge is 0.419 e. The molecule has 80 valence electrons. The average molecular weight is 217 g/mol. The number of benzene rings is 1. The number of oxazole rings is 1. The molecule has 0 saturated carbocycles. The van der Waals surface area contributed by atoms with Crippen molar-refractivity contribution < 1.29 is 8.81 Å². The molecule has 5 heteroatoms. The lowest BCUT2D eigenvalue weighted by atomic mass is 10.1. The topological polar surface area (TPSA) is 75.8 Å². The summed E-state index contributed by atoms with van der Waals surface area (Å²) in [7, 11) is 0. The van der Waals surface area contributed by atoms with Gasteiger partial charge in [-0.3, -0.25) is 0 Å². The van der Waals surface area contributed by atoms with E-state index in [2.05, 4.69) is 4.98 Å². The van der Waals surface area contributed by atoms with E-state index in [-0.39, 0.29) is 23.3 Å². The Hall–Kier alpha value is -2.35. The number of hydrogen-bond acceptors (Lipinski definition) is 4. The van der Waals surface area contributed by atoms with Gasteiger partial charge in [0.1, 0.15) is 11.9 Å². The molecule has 0 saturated heterocycles. The summed E-state index contributed by atoms with van der Waals surface area (Å²) < 4.78 is 18.4. The number of nitrogen functional groups attached to an aromatic ring is 1. The molecule has 16 heavy (non-hydrogen) atoms. The highest BCUT2D eigenvalue weighted by Crippen LogP contribution is 2.24. The average Bonchev–Trinajstić information content (AvgIpc) is 2.64. The maximum absolute atomic E-state index is 13.3. The first kappa shape index (κ1) is 10.2. The third-order valence-corrected chi connectivity index (χ3v) is 2.18. The summed E-state index contributed by atoms with van der Waals surface area (Å²) in [4.78, 5) is 3.85. The lowest BCUT2D eigenvalue weighted by Gasteiger charge is -1.98. The van der Waals surface area contributed by atoms with Gasteiger partial charge >= 0.3 is 0 Å². The molecule has 2 rings (SSSR count). The molecule has 0 radical (unpaired) electrons. The summed E-state index contributed by atoms with van der Waals surface area (Å²) in [6, 6.07) is 6.35. The van der Waals surface area contributed by atoms with E-state index in [9.17, 15) is 4.39 Å². The van der Waals surface area contributed by atoms with E-state index >= 15 is 0 Å². The Balaban J connectivity index is 2.51. The van der Waals surface area contributed by atoms with Gasteiger partial charge in [0.2, 0.25) is 17.5 Å². The summed E-state index contributed by atoms with van der Waals surface area (Å²) in [5.41, 5.74) is 6.41. The Bertz CT molecular complexity index is 583. The fourth-order valence-corrected chi connectivity index (χ4v) is 1.26. The van der Waals surface area contributed by atoms with Crippen LogP contribution in [-0.4, -0.2) is 4.98 Å². The van der Waals surface area contributed by atoms with Crippen LogP contribution in [0.25, 0.3) is 11.5 Å². The van der Waals surface area contributed by atoms with Crippen LogP contribution in [0.5, 0.6) is 0 Å². The third kappa shape index (κ3) is 1.61. The van der Waals surface area contributed by atoms with Crippen LogP contribution in [0.1, 0.15) is 11.3 Å². The zero-order valence-electron chi connectivity index (χ0n) is 8.49. The van der Waals surface area contributed by atoms with Crippen molar-refractivity contribution in [2.24, 2.45) is 0 Å². The SMILES string of the molecule is Cc1ccc(-c2nc(C#N)c(N)o2)cc1F. The summed E-state index contributed by atoms with van der Waals surface area (Å²) >= 11 is 0. The molecular weight excluding hydrogens is 209 g/mol. The normalized spacial score (nSPS) is 10.1. The van der Waals surface area contributed by atoms with Gasteiger partial charge in [0.15, 0.2) is 0 Å². The molecule has 0 atom stereocenters. The zero-order chi connectivity index (χ0) is 11.7. The van der Waals surface area contributed by atoms with Crippen molar-refractivity contribution in [1.29, 1.82) is 5.26 Å². The maximum Gasteiger partial charge on any atom is 0.230 e. The van der Waals surface area contributed by atoms with Gasteiger partial charge in [0, 0.05) is 5.56 Å². The first-order valence-electron chi connectivity index (χ1n) is 4.54. The van der Waals surface area contributed by atoms with Gasteiger partial charge in [-0.1, -0.05) is 6.07 Å². The molecule has 0 spiro atoms. The van der Waals surface area contributed by atoms with Crippen LogP contribution >= 0.6 is 0 Å². The van der Waals surface area contributed by atoms with Crippen molar-refractivity contribution in [3.63, 3.8) is 0 Å². The van der Waals surface area contributed by atoms with Gasteiger partial charge in [-0.05, 0) is 24.6 Å². The Morgan fingerprint density at radius 1 is 1.50 bits per heavy atom. The van der Waals surface area contributed by atoms with E-state index in [1.165, 1.54) is 6.07 Å². The molecule has 1 heterocycles. The van der Waals surface area contributed by atoms with Crippen molar-refractivity contribution >= 4 is 5.88 Å². The van der Waals surface area contributed by atoms with Gasteiger partial charge in [-0.25, -0.2) is 4.39 Å². The van der Waals surface area contributed by atoms with Gasteiger partial charge < -0.3 is 10.2 Å². The highest BCUT2D eigenvalue weighted by atomic mass is 19.1. The Morgan fingerprint density at radius 3 is 2.81 bits per heavy atom. The van der Waals surface area contributed by atoms with E-state index in [0.717, 1.165) is 0 Å². The van der Waals surface area contributed by atoms with E-state index in [4.69, 9.17) is 15.4 Å². The van der Waals surface area contributed by atoms with Crippen LogP contribution in [0, 0.1) is 24.1 Å². The predicted octanol–water partition coefficient (Wildman–Crippen LogP) is 2.24. The molecule has 1 aromatic carbocycles. The highest BCUT2D eigenvalue weighted by Gasteiger charge is 2.12. The number of anilines is 1. The first-order valence-corrected chi connectivity index (χ1v) is 4.54. The Morgan fingerprint density at radius 2 is 2.25 bits per heavy atom. The van der Waals surface area contributed by atoms with Gasteiger partial charge in [0.05, 0.1) is 0 Å². The molecule has 4 nitrogen and oxygen atoms in total. The fraction of sp³-hybridized carbons (Fsp3) is 0.0909. The smallest absolute Gasteiger partial charge is 0.230 e. The molecule has 2 aromatic rings. The Labute approximate surface area is 91.1 Å². The molecule has 0 amide bonds. The van der Waals surface area contributed by atoms with Gasteiger partial charge in [0.25, 0.3) is 0 Å². The van der Waals surface area contributed by atoms with Gasteiger partial charge in [-0.2, -0.15) is 10.2 Å². The molecule has 0 fully saturated rings. The monoisotopic (exact) mass is 217 g/mol. The van der Waals surface area contributed by atoms with E-state index < -0.39 is 0 Å². The number of nitrogens with two attached hydrogens (primary N) is 1. The zero-order valence-corrected chi connectivity index (χ0v) is 8.49. The highest BCUT2D eigenvalue weighted by molar-refractivity contribution is 5.58. The minimum atomic E-state index is -0.354. The number of aromatic nitrogens is 1. The van der Waals surface area contributed by atoms with Crippen LogP contribution in [0.15, 0.2) is 22.6 Å². The fourth-order valence-electron chi connectivity index (χ4n) is 1.26. The first-order chi connectivity index (χ1) is 7.61. The Kier molecular flexibility index (Phi) is 2.33. The molecule has 1 aromatic heterocycles. The number of hydrogen-bond donors (Lipinski definition) is 1. The molecule has 2 N–H and O–H groups in total. The predicted molar refractivity (Wildman–Crippen MR) is 55.8 cm³/mol. The van der Waals surface area contributed by atoms with Crippen LogP contribution in [0.3, 0.4) is 0 Å². The second-order valence-corrected chi connectivity index (χ2v) is 3.31. The van der Waals surface area contributed by atoms with E-state index in [1.807, 2.05) is 0 Å². The van der Waals surface area contributed by atoms with Crippen molar-refractivity contribution in [1.82, 2.24) is 4.98 Å². The van der Waals surface area contributed by atoms with Crippen molar-refractivity contribution in [2.75, 3.05) is 5.73 Å². The number of nitriles is 1. The second-order valence-electron chi connectivity index (χ2n) is 3.31. The quantitative estimate of drug-likeness (QED) is 0.794. The molecule has 0 aliphatic carbocycles. The lowest BCUT2D eigenvalue weighted by molar-refractivity contribution is 0.589. The van der Waals surface area contributed by atoms with Crippen LogP contribution in [0.4, 0.5) is 10.3 Å². The third-order valence-electron chi connectivity index (χ3n) is 2.18. The van der Waals surface area contributed by atoms with Crippen molar-refractivity contribution in [2.45, 2.75) is 6.92 Å². The number of nitrogens with zero attached hydrogens (tertiary/aromatic N) is 2. The van der Waals surface area contributed by atoms with Gasteiger partial charge in [-0.15, -0.1) is 0 Å². The molecule has 0 aliphatic heterocycles. The van der Waals surface area contributed by atoms with Crippen LogP contribution in [-0.2, 0) is 0 Å². The number of halogens is 1. The summed E-state index contributed by atoms with van der Waals surface area (Å²) in [6.07, 6.45) is 0. The minimum Gasteiger partial charge on any atom is -0.419 e. The van der Waals surface area contributed by atoms with Crippen LogP contribution < -0.4 is 5.73 Å². The van der Waals surface area contributed by atoms with Crippen LogP contribution in [0.2, 0.25) is 0 Å². The number of rotatable bonds is 1. The maximum atomic E-state index is 13.3. The summed E-state index contributed by atoms with van der Waals surface area (Å²) in [5, 5.41) is 8.65. The minimum absolute atomic E-state index is 0.0102. The standard InChI is InChI=1S/C11H8FN3O/c1-6-2-3-7(4-8(6)12)11-15-9(5-13)10(14)16-11/h2-4H,14H2,1H3. The molecule has 0 bridgehead atoms. The van der Waals surface area contributed by atoms with Crippen molar-refractivity contribution in [3.05, 3.63) is 35.3 Å². The van der Waals surface area contributed by atoms with E-state index in [1.54, 1.807) is 25.1 Å². The molecule has 0 unspecified atom stereocenters. The molecule has 0 aliphatic rings. The second kappa shape index (κ2) is 3.66. The van der Waals surface area contributed by atoms with E-state index in [0.29, 0.717) is 11.1 Å². The lowest BCUT2D eigenvalue weighted by Crippen LogP contribution is -1.85.